The van der Waals surface area contributed by atoms with Gasteiger partial charge in [0, 0.05) is 12.0 Å². The Kier molecular flexibility index (Phi) is 3.12. The Balaban J connectivity index is 1.71. The van der Waals surface area contributed by atoms with Crippen LogP contribution < -0.4 is 0 Å². The molecule has 0 saturated heterocycles. The summed E-state index contributed by atoms with van der Waals surface area (Å²) in [7, 11) is 0. The Bertz CT molecular complexity index is 916. The number of hydrogen-bond donors (Lipinski definition) is 2. The van der Waals surface area contributed by atoms with Gasteiger partial charge in [0.25, 0.3) is 5.91 Å². The van der Waals surface area contributed by atoms with Gasteiger partial charge >= 0.3 is 5.97 Å². The summed E-state index contributed by atoms with van der Waals surface area (Å²) in [6.07, 6.45) is 1.74. The maximum absolute atomic E-state index is 12.8. The van der Waals surface area contributed by atoms with E-state index in [0.29, 0.717) is 11.3 Å². The molecule has 116 valence electrons. The maximum Gasteiger partial charge on any atom is 0.326 e. The summed E-state index contributed by atoms with van der Waals surface area (Å²) < 4.78 is 0.905. The highest BCUT2D eigenvalue weighted by molar-refractivity contribution is 7.16. The quantitative estimate of drug-likeness (QED) is 0.745. The van der Waals surface area contributed by atoms with Crippen molar-refractivity contribution in [3.05, 3.63) is 47.0 Å². The molecule has 23 heavy (non-hydrogen) atoms. The fourth-order valence-electron chi connectivity index (χ4n) is 2.82. The Morgan fingerprint density at radius 3 is 3.04 bits per heavy atom. The number of fused-ring (bicyclic) bond motifs is 2. The van der Waals surface area contributed by atoms with Crippen molar-refractivity contribution in [2.45, 2.75) is 19.0 Å². The zero-order valence-electron chi connectivity index (χ0n) is 11.9. The van der Waals surface area contributed by atoms with Crippen molar-refractivity contribution in [1.29, 1.82) is 0 Å². The number of aromatic nitrogens is 3. The van der Waals surface area contributed by atoms with E-state index in [2.05, 4.69) is 15.0 Å². The van der Waals surface area contributed by atoms with Crippen molar-refractivity contribution in [2.24, 2.45) is 0 Å². The minimum absolute atomic E-state index is 0.211. The maximum atomic E-state index is 12.8. The summed E-state index contributed by atoms with van der Waals surface area (Å²) in [4.78, 5) is 37.1. The fraction of sp³-hybridized carbons (Fsp3) is 0.200. The molecule has 7 nitrogen and oxygen atoms in total. The standard InChI is InChI=1S/C15H12N4O3S/c20-14(8-1-2-9-13(3-8)23-7-18-9)19-5-11-10(16-6-17-11)4-12(19)15(21)22/h1-3,6-7,12H,4-5H2,(H,16,17)(H,21,22)/t12-/m1/s1. The Morgan fingerprint density at radius 1 is 1.35 bits per heavy atom. The van der Waals surface area contributed by atoms with Crippen LogP contribution in [0.2, 0.25) is 0 Å². The number of benzene rings is 1. The highest BCUT2D eigenvalue weighted by Gasteiger charge is 2.36. The van der Waals surface area contributed by atoms with Crippen LogP contribution in [0.15, 0.2) is 30.0 Å². The molecule has 1 aliphatic heterocycles. The van der Waals surface area contributed by atoms with Gasteiger partial charge < -0.3 is 15.0 Å². The largest absolute Gasteiger partial charge is 0.480 e. The molecule has 3 aromatic rings. The molecular weight excluding hydrogens is 316 g/mol. The summed E-state index contributed by atoms with van der Waals surface area (Å²) in [6, 6.07) is 4.32. The van der Waals surface area contributed by atoms with Crippen molar-refractivity contribution < 1.29 is 14.7 Å². The number of aliphatic carboxylic acids is 1. The second kappa shape index (κ2) is 5.17. The average Bonchev–Trinajstić information content (AvgIpc) is 3.20. The van der Waals surface area contributed by atoms with E-state index in [1.54, 1.807) is 23.7 Å². The van der Waals surface area contributed by atoms with Crippen molar-refractivity contribution in [2.75, 3.05) is 0 Å². The van der Waals surface area contributed by atoms with Gasteiger partial charge in [-0.15, -0.1) is 11.3 Å². The van der Waals surface area contributed by atoms with Crippen LogP contribution in [-0.4, -0.2) is 42.9 Å². The summed E-state index contributed by atoms with van der Waals surface area (Å²) in [5.74, 6) is -1.32. The van der Waals surface area contributed by atoms with Crippen LogP contribution in [0.1, 0.15) is 21.7 Å². The van der Waals surface area contributed by atoms with Crippen LogP contribution >= 0.6 is 11.3 Å². The molecule has 4 rings (SSSR count). The highest BCUT2D eigenvalue weighted by Crippen LogP contribution is 2.25. The number of carboxylic acid groups (broad SMARTS) is 1. The first-order valence-corrected chi connectivity index (χ1v) is 7.89. The normalized spacial score (nSPS) is 17.2. The first-order chi connectivity index (χ1) is 11.1. The number of carbonyl (C=O) groups is 2. The van der Waals surface area contributed by atoms with Gasteiger partial charge in [0.15, 0.2) is 0 Å². The Labute approximate surface area is 134 Å². The number of carbonyl (C=O) groups excluding carboxylic acids is 1. The molecule has 0 bridgehead atoms. The molecule has 3 heterocycles. The van der Waals surface area contributed by atoms with Crippen molar-refractivity contribution in [1.82, 2.24) is 19.9 Å². The van der Waals surface area contributed by atoms with E-state index < -0.39 is 12.0 Å². The molecule has 0 saturated carbocycles. The van der Waals surface area contributed by atoms with Crippen molar-refractivity contribution in [3.8, 4) is 0 Å². The van der Waals surface area contributed by atoms with Gasteiger partial charge in [-0.2, -0.15) is 0 Å². The Hall–Kier alpha value is -2.74. The summed E-state index contributed by atoms with van der Waals surface area (Å²) in [5, 5.41) is 9.47. The molecule has 2 aromatic heterocycles. The number of rotatable bonds is 2. The van der Waals surface area contributed by atoms with Crippen LogP contribution in [0.3, 0.4) is 0 Å². The summed E-state index contributed by atoms with van der Waals surface area (Å²) >= 11 is 1.45. The van der Waals surface area contributed by atoms with Crippen LogP contribution in [0.25, 0.3) is 10.2 Å². The average molecular weight is 328 g/mol. The number of imidazole rings is 1. The third-order valence-corrected chi connectivity index (χ3v) is 4.81. The van der Waals surface area contributed by atoms with E-state index in [9.17, 15) is 14.7 Å². The smallest absolute Gasteiger partial charge is 0.326 e. The Morgan fingerprint density at radius 2 is 2.22 bits per heavy atom. The number of thiazole rings is 1. The predicted octanol–water partition coefficient (Wildman–Crippen LogP) is 1.67. The van der Waals surface area contributed by atoms with Gasteiger partial charge in [-0.3, -0.25) is 4.79 Å². The molecule has 0 aliphatic carbocycles. The second-order valence-corrected chi connectivity index (χ2v) is 6.24. The zero-order chi connectivity index (χ0) is 16.0. The zero-order valence-corrected chi connectivity index (χ0v) is 12.7. The molecule has 1 amide bonds. The first kappa shape index (κ1) is 13.9. The highest BCUT2D eigenvalue weighted by atomic mass is 32.1. The fourth-order valence-corrected chi connectivity index (χ4v) is 3.54. The third-order valence-electron chi connectivity index (χ3n) is 4.02. The lowest BCUT2D eigenvalue weighted by Gasteiger charge is -2.32. The summed E-state index contributed by atoms with van der Waals surface area (Å²) in [5.41, 5.74) is 4.51. The SMILES string of the molecule is O=C(O)[C@H]1Cc2nc[nH]c2CN1C(=O)c1ccc2ncsc2c1. The monoisotopic (exact) mass is 328 g/mol. The van der Waals surface area contributed by atoms with Gasteiger partial charge in [-0.05, 0) is 18.2 Å². The molecule has 0 unspecified atom stereocenters. The molecule has 1 aromatic carbocycles. The number of aromatic amines is 1. The lowest BCUT2D eigenvalue weighted by molar-refractivity contribution is -0.142. The molecular formula is C15H12N4O3S. The van der Waals surface area contributed by atoms with Crippen molar-refractivity contribution >= 4 is 33.4 Å². The van der Waals surface area contributed by atoms with E-state index in [-0.39, 0.29) is 18.9 Å². The second-order valence-electron chi connectivity index (χ2n) is 5.35. The number of H-pyrrole nitrogens is 1. The van der Waals surface area contributed by atoms with Gasteiger partial charge in [-0.25, -0.2) is 14.8 Å². The molecule has 1 aliphatic rings. The number of amides is 1. The molecule has 0 fully saturated rings. The number of nitrogens with one attached hydrogen (secondary N) is 1. The topological polar surface area (TPSA) is 99.2 Å². The van der Waals surface area contributed by atoms with E-state index in [1.807, 2.05) is 0 Å². The first-order valence-electron chi connectivity index (χ1n) is 7.01. The minimum atomic E-state index is -1.02. The molecule has 2 N–H and O–H groups in total. The van der Waals surface area contributed by atoms with Gasteiger partial charge in [0.05, 0.1) is 40.0 Å². The van der Waals surface area contributed by atoms with Gasteiger partial charge in [0.2, 0.25) is 0 Å². The third kappa shape index (κ3) is 2.27. The summed E-state index contributed by atoms with van der Waals surface area (Å²) in [6.45, 7) is 0.214. The van der Waals surface area contributed by atoms with Crippen LogP contribution in [0.5, 0.6) is 0 Å². The molecule has 0 spiro atoms. The van der Waals surface area contributed by atoms with Gasteiger partial charge in [0.1, 0.15) is 6.04 Å². The predicted molar refractivity (Wildman–Crippen MR) is 83.2 cm³/mol. The van der Waals surface area contributed by atoms with Crippen molar-refractivity contribution in [3.63, 3.8) is 0 Å². The molecule has 1 atom stereocenters. The number of carboxylic acids is 1. The van der Waals surface area contributed by atoms with Crippen LogP contribution in [0, 0.1) is 0 Å². The minimum Gasteiger partial charge on any atom is -0.480 e. The van der Waals surface area contributed by atoms with Gasteiger partial charge in [-0.1, -0.05) is 0 Å². The lowest BCUT2D eigenvalue weighted by Crippen LogP contribution is -2.48. The van der Waals surface area contributed by atoms with E-state index in [4.69, 9.17) is 0 Å². The number of hydrogen-bond acceptors (Lipinski definition) is 5. The lowest BCUT2D eigenvalue weighted by atomic mass is 10.0. The van der Waals surface area contributed by atoms with E-state index in [1.165, 1.54) is 22.6 Å². The molecule has 0 radical (unpaired) electrons. The van der Waals surface area contributed by atoms with E-state index in [0.717, 1.165) is 15.9 Å². The number of nitrogens with zero attached hydrogens (tertiary/aromatic N) is 3. The van der Waals surface area contributed by atoms with Crippen LogP contribution in [0.4, 0.5) is 0 Å². The van der Waals surface area contributed by atoms with Crippen LogP contribution in [-0.2, 0) is 17.8 Å². The molecule has 8 heteroatoms. The van der Waals surface area contributed by atoms with E-state index >= 15 is 0 Å².